The van der Waals surface area contributed by atoms with Gasteiger partial charge in [0.1, 0.15) is 0 Å². The van der Waals surface area contributed by atoms with Crippen molar-refractivity contribution in [1.82, 2.24) is 0 Å². The van der Waals surface area contributed by atoms with Crippen LogP contribution in [0.3, 0.4) is 0 Å². The molecule has 0 bridgehead atoms. The van der Waals surface area contributed by atoms with Gasteiger partial charge in [-0.15, -0.1) is 0 Å². The standard InChI is InChI=1S/C20H26N2O4S/c1-4-6-13-22(3)16-9-12-19(18(14-16)20(23)24)21-27(25,26)17-10-7-15(5-2)8-11-17/h7-12,14,21H,4-6,13H2,1-3H3,(H,23,24). The highest BCUT2D eigenvalue weighted by atomic mass is 32.2. The van der Waals surface area contributed by atoms with Gasteiger partial charge in [0.2, 0.25) is 0 Å². The van der Waals surface area contributed by atoms with Crippen molar-refractivity contribution >= 4 is 27.4 Å². The van der Waals surface area contributed by atoms with E-state index in [0.717, 1.165) is 37.1 Å². The van der Waals surface area contributed by atoms with E-state index >= 15 is 0 Å². The summed E-state index contributed by atoms with van der Waals surface area (Å²) >= 11 is 0. The molecule has 2 rings (SSSR count). The zero-order valence-electron chi connectivity index (χ0n) is 15.9. The zero-order valence-corrected chi connectivity index (χ0v) is 16.7. The number of nitrogens with one attached hydrogen (secondary N) is 1. The van der Waals surface area contributed by atoms with Crippen LogP contribution >= 0.6 is 0 Å². The maximum absolute atomic E-state index is 12.6. The van der Waals surface area contributed by atoms with Gasteiger partial charge in [-0.05, 0) is 48.7 Å². The topological polar surface area (TPSA) is 86.7 Å². The monoisotopic (exact) mass is 390 g/mol. The molecule has 0 aliphatic heterocycles. The SMILES string of the molecule is CCCCN(C)c1ccc(NS(=O)(=O)c2ccc(CC)cc2)c(C(=O)O)c1. The van der Waals surface area contributed by atoms with Gasteiger partial charge in [0, 0.05) is 19.3 Å². The van der Waals surface area contributed by atoms with Crippen LogP contribution < -0.4 is 9.62 Å². The minimum Gasteiger partial charge on any atom is -0.478 e. The fraction of sp³-hybridized carbons (Fsp3) is 0.350. The number of rotatable bonds is 9. The van der Waals surface area contributed by atoms with Gasteiger partial charge in [-0.3, -0.25) is 4.72 Å². The summed E-state index contributed by atoms with van der Waals surface area (Å²) in [5, 5.41) is 9.53. The lowest BCUT2D eigenvalue weighted by atomic mass is 10.1. The fourth-order valence-electron chi connectivity index (χ4n) is 2.67. The summed E-state index contributed by atoms with van der Waals surface area (Å²) < 4.78 is 27.6. The molecule has 7 heteroatoms. The number of nitrogens with zero attached hydrogens (tertiary/aromatic N) is 1. The van der Waals surface area contributed by atoms with Crippen LogP contribution in [0.4, 0.5) is 11.4 Å². The van der Waals surface area contributed by atoms with Gasteiger partial charge in [-0.25, -0.2) is 13.2 Å². The lowest BCUT2D eigenvalue weighted by Crippen LogP contribution is -2.20. The fourth-order valence-corrected chi connectivity index (χ4v) is 3.75. The van der Waals surface area contributed by atoms with Crippen LogP contribution in [-0.2, 0) is 16.4 Å². The summed E-state index contributed by atoms with van der Waals surface area (Å²) in [7, 11) is -1.98. The molecule has 0 spiro atoms. The number of carboxylic acid groups (broad SMARTS) is 1. The van der Waals surface area contributed by atoms with Crippen molar-refractivity contribution < 1.29 is 18.3 Å². The number of hydrogen-bond donors (Lipinski definition) is 2. The summed E-state index contributed by atoms with van der Waals surface area (Å²) in [5.41, 5.74) is 1.73. The number of hydrogen-bond acceptors (Lipinski definition) is 4. The van der Waals surface area contributed by atoms with E-state index in [9.17, 15) is 18.3 Å². The number of anilines is 2. The molecule has 0 aliphatic carbocycles. The van der Waals surface area contributed by atoms with Gasteiger partial charge in [0.25, 0.3) is 10.0 Å². The normalized spacial score (nSPS) is 11.2. The van der Waals surface area contributed by atoms with Gasteiger partial charge in [0.05, 0.1) is 16.1 Å². The van der Waals surface area contributed by atoms with Crippen LogP contribution in [-0.4, -0.2) is 33.1 Å². The third-order valence-electron chi connectivity index (χ3n) is 4.41. The van der Waals surface area contributed by atoms with Gasteiger partial charge in [-0.2, -0.15) is 0 Å². The maximum atomic E-state index is 12.6. The second-order valence-electron chi connectivity index (χ2n) is 6.41. The number of carboxylic acids is 1. The average molecular weight is 391 g/mol. The molecule has 6 nitrogen and oxygen atoms in total. The van der Waals surface area contributed by atoms with E-state index in [4.69, 9.17) is 0 Å². The number of benzene rings is 2. The van der Waals surface area contributed by atoms with Crippen molar-refractivity contribution in [2.24, 2.45) is 0 Å². The van der Waals surface area contributed by atoms with Gasteiger partial charge in [0.15, 0.2) is 0 Å². The third kappa shape index (κ3) is 5.23. The van der Waals surface area contributed by atoms with E-state index in [0.29, 0.717) is 0 Å². The van der Waals surface area contributed by atoms with Crippen molar-refractivity contribution in [3.8, 4) is 0 Å². The summed E-state index contributed by atoms with van der Waals surface area (Å²) in [5.74, 6) is -1.18. The highest BCUT2D eigenvalue weighted by Gasteiger charge is 2.19. The number of aryl methyl sites for hydroxylation is 1. The highest BCUT2D eigenvalue weighted by Crippen LogP contribution is 2.26. The Balaban J connectivity index is 2.32. The van der Waals surface area contributed by atoms with Crippen molar-refractivity contribution in [2.75, 3.05) is 23.2 Å². The molecule has 0 saturated heterocycles. The number of unbranched alkanes of at least 4 members (excludes halogenated alkanes) is 1. The molecule has 0 atom stereocenters. The first-order valence-electron chi connectivity index (χ1n) is 8.98. The first kappa shape index (κ1) is 20.8. The number of carbonyl (C=O) groups is 1. The predicted molar refractivity (Wildman–Crippen MR) is 108 cm³/mol. The van der Waals surface area contributed by atoms with Gasteiger partial charge >= 0.3 is 5.97 Å². The molecule has 0 radical (unpaired) electrons. The quantitative estimate of drug-likeness (QED) is 0.676. The van der Waals surface area contributed by atoms with Crippen LogP contribution in [0.2, 0.25) is 0 Å². The Labute approximate surface area is 160 Å². The minimum absolute atomic E-state index is 0.0507. The minimum atomic E-state index is -3.87. The van der Waals surface area contributed by atoms with E-state index in [1.165, 1.54) is 24.3 Å². The zero-order chi connectivity index (χ0) is 20.0. The summed E-state index contributed by atoms with van der Waals surface area (Å²) in [6, 6.07) is 11.3. The van der Waals surface area contributed by atoms with E-state index in [-0.39, 0.29) is 16.1 Å². The average Bonchev–Trinajstić information content (AvgIpc) is 2.66. The first-order chi connectivity index (χ1) is 12.8. The van der Waals surface area contributed by atoms with Crippen LogP contribution in [0.5, 0.6) is 0 Å². The molecule has 0 aromatic heterocycles. The lowest BCUT2D eigenvalue weighted by Gasteiger charge is -2.20. The number of aromatic carboxylic acids is 1. The van der Waals surface area contributed by atoms with Gasteiger partial charge in [-0.1, -0.05) is 32.4 Å². The molecule has 27 heavy (non-hydrogen) atoms. The third-order valence-corrected chi connectivity index (χ3v) is 5.79. The first-order valence-corrected chi connectivity index (χ1v) is 10.5. The Morgan fingerprint density at radius 3 is 2.33 bits per heavy atom. The lowest BCUT2D eigenvalue weighted by molar-refractivity contribution is 0.0698. The summed E-state index contributed by atoms with van der Waals surface area (Å²) in [4.78, 5) is 13.7. The Morgan fingerprint density at radius 1 is 1.11 bits per heavy atom. The molecule has 0 fully saturated rings. The van der Waals surface area contributed by atoms with Gasteiger partial charge < -0.3 is 10.0 Å². The predicted octanol–water partition coefficient (Wildman–Crippen LogP) is 3.98. The Bertz CT molecular complexity index is 893. The molecule has 146 valence electrons. The maximum Gasteiger partial charge on any atom is 0.337 e. The Hall–Kier alpha value is -2.54. The van der Waals surface area contributed by atoms with Crippen LogP contribution in [0.25, 0.3) is 0 Å². The largest absolute Gasteiger partial charge is 0.478 e. The number of sulfonamides is 1. The summed E-state index contributed by atoms with van der Waals surface area (Å²) in [6.45, 7) is 4.87. The van der Waals surface area contributed by atoms with E-state index < -0.39 is 16.0 Å². The van der Waals surface area contributed by atoms with E-state index in [2.05, 4.69) is 11.6 Å². The molecule has 0 saturated carbocycles. The molecule has 0 unspecified atom stereocenters. The molecule has 0 amide bonds. The molecular weight excluding hydrogens is 364 g/mol. The van der Waals surface area contributed by atoms with Crippen LogP contribution in [0, 0.1) is 0 Å². The molecule has 0 heterocycles. The second kappa shape index (κ2) is 8.90. The molecule has 2 N–H and O–H groups in total. The Morgan fingerprint density at radius 2 is 1.78 bits per heavy atom. The van der Waals surface area contributed by atoms with E-state index in [1.54, 1.807) is 18.2 Å². The van der Waals surface area contributed by atoms with E-state index in [1.807, 2.05) is 18.9 Å². The van der Waals surface area contributed by atoms with Crippen LogP contribution in [0.1, 0.15) is 42.6 Å². The van der Waals surface area contributed by atoms with Crippen molar-refractivity contribution in [3.05, 3.63) is 53.6 Å². The van der Waals surface area contributed by atoms with Crippen LogP contribution in [0.15, 0.2) is 47.4 Å². The van der Waals surface area contributed by atoms with Crippen molar-refractivity contribution in [1.29, 1.82) is 0 Å². The molecular formula is C20H26N2O4S. The second-order valence-corrected chi connectivity index (χ2v) is 8.10. The molecule has 2 aromatic carbocycles. The molecule has 0 aliphatic rings. The highest BCUT2D eigenvalue weighted by molar-refractivity contribution is 7.92. The Kier molecular flexibility index (Phi) is 6.85. The molecule has 2 aromatic rings. The van der Waals surface area contributed by atoms with Crippen molar-refractivity contribution in [3.63, 3.8) is 0 Å². The smallest absolute Gasteiger partial charge is 0.337 e. The van der Waals surface area contributed by atoms with Crippen molar-refractivity contribution in [2.45, 2.75) is 38.0 Å². The summed E-state index contributed by atoms with van der Waals surface area (Å²) in [6.07, 6.45) is 2.83.